The number of ether oxygens (including phenoxy) is 1. The summed E-state index contributed by atoms with van der Waals surface area (Å²) < 4.78 is 5.16. The minimum atomic E-state index is -0.640. The van der Waals surface area contributed by atoms with Gasteiger partial charge in [0.2, 0.25) is 0 Å². The van der Waals surface area contributed by atoms with E-state index >= 15 is 0 Å². The smallest absolute Gasteiger partial charge is 0.341 e. The first kappa shape index (κ1) is 11.5. The molecule has 15 heavy (non-hydrogen) atoms. The average molecular weight is 270 g/mol. The lowest BCUT2D eigenvalue weighted by atomic mass is 10.1. The van der Waals surface area contributed by atoms with E-state index in [4.69, 9.17) is 10.00 Å². The Morgan fingerprint density at radius 3 is 2.87 bits per heavy atom. The van der Waals surface area contributed by atoms with Crippen LogP contribution < -0.4 is 0 Å². The first-order valence-corrected chi connectivity index (χ1v) is 4.99. The molecule has 0 aromatic heterocycles. The lowest BCUT2D eigenvalue weighted by Gasteiger charge is -2.05. The fraction of sp³-hybridized carbons (Fsp3) is 0.200. The molecule has 4 nitrogen and oxygen atoms in total. The highest BCUT2D eigenvalue weighted by molar-refractivity contribution is 9.10. The summed E-state index contributed by atoms with van der Waals surface area (Å²) in [6, 6.07) is 4.48. The van der Waals surface area contributed by atoms with E-state index in [9.17, 15) is 9.90 Å². The molecule has 0 saturated carbocycles. The number of nitrogens with zero attached hydrogens (tertiary/aromatic N) is 1. The van der Waals surface area contributed by atoms with Crippen LogP contribution in [-0.4, -0.2) is 17.7 Å². The van der Waals surface area contributed by atoms with Gasteiger partial charge in [-0.15, -0.1) is 0 Å². The van der Waals surface area contributed by atoms with Gasteiger partial charge in [-0.3, -0.25) is 0 Å². The van der Waals surface area contributed by atoms with Crippen LogP contribution in [0.2, 0.25) is 0 Å². The molecule has 0 bridgehead atoms. The standard InChI is InChI=1S/C10H8BrNO3/c1-2-15-10(14)7-3-6(5-12)8(11)4-9(7)13/h3-4,13H,2H2,1H3. The van der Waals surface area contributed by atoms with Gasteiger partial charge in [-0.1, -0.05) is 0 Å². The molecular formula is C10H8BrNO3. The van der Waals surface area contributed by atoms with Gasteiger partial charge in [0, 0.05) is 4.47 Å². The normalized spacial score (nSPS) is 9.40. The van der Waals surface area contributed by atoms with E-state index in [2.05, 4.69) is 15.9 Å². The fourth-order valence-corrected chi connectivity index (χ4v) is 1.44. The number of halogens is 1. The van der Waals surface area contributed by atoms with Crippen molar-refractivity contribution in [3.8, 4) is 11.8 Å². The summed E-state index contributed by atoms with van der Waals surface area (Å²) in [5.41, 5.74) is 0.271. The largest absolute Gasteiger partial charge is 0.507 e. The molecule has 0 saturated heterocycles. The molecule has 0 unspecified atom stereocenters. The third kappa shape index (κ3) is 2.48. The quantitative estimate of drug-likeness (QED) is 0.836. The molecule has 0 heterocycles. The number of carbonyl (C=O) groups is 1. The van der Waals surface area contributed by atoms with Crippen molar-refractivity contribution in [2.24, 2.45) is 0 Å². The van der Waals surface area contributed by atoms with Gasteiger partial charge < -0.3 is 9.84 Å². The van der Waals surface area contributed by atoms with Crippen molar-refractivity contribution in [3.05, 3.63) is 27.7 Å². The van der Waals surface area contributed by atoms with E-state index in [-0.39, 0.29) is 23.5 Å². The molecule has 0 aliphatic carbocycles. The van der Waals surface area contributed by atoms with Crippen LogP contribution in [0.5, 0.6) is 5.75 Å². The Hall–Kier alpha value is -1.54. The fourth-order valence-electron chi connectivity index (χ4n) is 1.02. The summed E-state index contributed by atoms with van der Waals surface area (Å²) in [5, 5.41) is 18.2. The Bertz CT molecular complexity index is 437. The third-order valence-electron chi connectivity index (χ3n) is 1.70. The van der Waals surface area contributed by atoms with E-state index in [1.807, 2.05) is 6.07 Å². The molecule has 0 aliphatic rings. The highest BCUT2D eigenvalue weighted by atomic mass is 79.9. The number of carbonyl (C=O) groups excluding carboxylic acids is 1. The Labute approximate surface area is 95.2 Å². The highest BCUT2D eigenvalue weighted by Crippen LogP contribution is 2.26. The van der Waals surface area contributed by atoms with E-state index in [1.54, 1.807) is 6.92 Å². The molecule has 0 fully saturated rings. The molecule has 1 aromatic rings. The Morgan fingerprint density at radius 1 is 1.67 bits per heavy atom. The molecule has 0 atom stereocenters. The first-order valence-electron chi connectivity index (χ1n) is 4.19. The maximum atomic E-state index is 11.3. The average Bonchev–Trinajstić information content (AvgIpc) is 2.18. The number of hydrogen-bond acceptors (Lipinski definition) is 4. The number of hydrogen-bond donors (Lipinski definition) is 1. The summed E-state index contributed by atoms with van der Waals surface area (Å²) in [4.78, 5) is 11.3. The number of aromatic hydroxyl groups is 1. The zero-order valence-corrected chi connectivity index (χ0v) is 9.54. The third-order valence-corrected chi connectivity index (χ3v) is 2.36. The topological polar surface area (TPSA) is 70.3 Å². The van der Waals surface area contributed by atoms with Gasteiger partial charge in [0.15, 0.2) is 0 Å². The Morgan fingerprint density at radius 2 is 2.33 bits per heavy atom. The number of phenolic OH excluding ortho intramolecular Hbond substituents is 1. The van der Waals surface area contributed by atoms with Crippen LogP contribution >= 0.6 is 15.9 Å². The molecule has 0 spiro atoms. The summed E-state index contributed by atoms with van der Waals surface area (Å²) in [7, 11) is 0. The molecule has 5 heteroatoms. The van der Waals surface area contributed by atoms with Gasteiger partial charge in [-0.2, -0.15) is 5.26 Å². The van der Waals surface area contributed by atoms with E-state index < -0.39 is 5.97 Å². The summed E-state index contributed by atoms with van der Waals surface area (Å²) in [5.74, 6) is -0.849. The van der Waals surface area contributed by atoms with Crippen molar-refractivity contribution in [3.63, 3.8) is 0 Å². The number of esters is 1. The Balaban J connectivity index is 3.20. The molecule has 1 rings (SSSR count). The zero-order valence-electron chi connectivity index (χ0n) is 7.95. The van der Waals surface area contributed by atoms with Gasteiger partial charge in [0.05, 0.1) is 12.2 Å². The van der Waals surface area contributed by atoms with Gasteiger partial charge >= 0.3 is 5.97 Å². The van der Waals surface area contributed by atoms with E-state index in [0.717, 1.165) is 0 Å². The number of benzene rings is 1. The molecule has 0 radical (unpaired) electrons. The number of nitriles is 1. The molecular weight excluding hydrogens is 262 g/mol. The maximum Gasteiger partial charge on any atom is 0.341 e. The van der Waals surface area contributed by atoms with Crippen LogP contribution in [0, 0.1) is 11.3 Å². The number of phenols is 1. The zero-order chi connectivity index (χ0) is 11.4. The van der Waals surface area contributed by atoms with Crippen LogP contribution in [0.4, 0.5) is 0 Å². The van der Waals surface area contributed by atoms with Crippen molar-refractivity contribution in [2.45, 2.75) is 6.92 Å². The molecule has 1 aromatic carbocycles. The second kappa shape index (κ2) is 4.80. The molecule has 1 N–H and O–H groups in total. The van der Waals surface area contributed by atoms with Gasteiger partial charge in [0.25, 0.3) is 0 Å². The van der Waals surface area contributed by atoms with E-state index in [0.29, 0.717) is 4.47 Å². The van der Waals surface area contributed by atoms with Crippen molar-refractivity contribution in [2.75, 3.05) is 6.61 Å². The lowest BCUT2D eigenvalue weighted by Crippen LogP contribution is -2.05. The van der Waals surface area contributed by atoms with E-state index in [1.165, 1.54) is 12.1 Å². The van der Waals surface area contributed by atoms with Crippen LogP contribution in [0.1, 0.15) is 22.8 Å². The molecule has 78 valence electrons. The van der Waals surface area contributed by atoms with Gasteiger partial charge in [0.1, 0.15) is 17.4 Å². The summed E-state index contributed by atoms with van der Waals surface area (Å²) >= 11 is 3.09. The monoisotopic (exact) mass is 269 g/mol. The van der Waals surface area contributed by atoms with Crippen LogP contribution in [0.25, 0.3) is 0 Å². The minimum absolute atomic E-state index is 0.00315. The van der Waals surface area contributed by atoms with Crippen molar-refractivity contribution in [1.82, 2.24) is 0 Å². The van der Waals surface area contributed by atoms with Crippen LogP contribution in [0.3, 0.4) is 0 Å². The van der Waals surface area contributed by atoms with Crippen molar-refractivity contribution < 1.29 is 14.6 Å². The predicted octanol–water partition coefficient (Wildman–Crippen LogP) is 2.20. The minimum Gasteiger partial charge on any atom is -0.507 e. The summed E-state index contributed by atoms with van der Waals surface area (Å²) in [6.07, 6.45) is 0. The lowest BCUT2D eigenvalue weighted by molar-refractivity contribution is 0.0523. The highest BCUT2D eigenvalue weighted by Gasteiger charge is 2.15. The molecule has 0 amide bonds. The van der Waals surface area contributed by atoms with Crippen molar-refractivity contribution in [1.29, 1.82) is 5.26 Å². The van der Waals surface area contributed by atoms with Crippen LogP contribution in [0.15, 0.2) is 16.6 Å². The van der Waals surface area contributed by atoms with Gasteiger partial charge in [-0.25, -0.2) is 4.79 Å². The SMILES string of the molecule is CCOC(=O)c1cc(C#N)c(Br)cc1O. The second-order valence-electron chi connectivity index (χ2n) is 2.68. The molecule has 0 aliphatic heterocycles. The first-order chi connectivity index (χ1) is 7.10. The second-order valence-corrected chi connectivity index (χ2v) is 3.54. The predicted molar refractivity (Wildman–Crippen MR) is 56.5 cm³/mol. The van der Waals surface area contributed by atoms with Crippen LogP contribution in [-0.2, 0) is 4.74 Å². The summed E-state index contributed by atoms with van der Waals surface area (Å²) in [6.45, 7) is 1.88. The maximum absolute atomic E-state index is 11.3. The van der Waals surface area contributed by atoms with Crippen molar-refractivity contribution >= 4 is 21.9 Å². The number of rotatable bonds is 2. The Kier molecular flexibility index (Phi) is 3.69. The van der Waals surface area contributed by atoms with Gasteiger partial charge in [-0.05, 0) is 35.0 Å².